The van der Waals surface area contributed by atoms with E-state index in [0.29, 0.717) is 18.4 Å². The van der Waals surface area contributed by atoms with Gasteiger partial charge in [0.25, 0.3) is 0 Å². The zero-order valence-corrected chi connectivity index (χ0v) is 13.4. The van der Waals surface area contributed by atoms with Gasteiger partial charge < -0.3 is 9.84 Å². The lowest BCUT2D eigenvalue weighted by atomic mass is 9.93. The van der Waals surface area contributed by atoms with E-state index in [0.717, 1.165) is 15.8 Å². The van der Waals surface area contributed by atoms with Crippen LogP contribution in [0.3, 0.4) is 0 Å². The average molecular weight is 353 g/mol. The van der Waals surface area contributed by atoms with Gasteiger partial charge in [0, 0.05) is 11.1 Å². The smallest absolute Gasteiger partial charge is 0.126 e. The molecule has 0 amide bonds. The van der Waals surface area contributed by atoms with Crippen LogP contribution in [0.5, 0.6) is 5.75 Å². The summed E-state index contributed by atoms with van der Waals surface area (Å²) in [5.41, 5.74) is 1.72. The van der Waals surface area contributed by atoms with Crippen molar-refractivity contribution in [3.63, 3.8) is 0 Å². The Morgan fingerprint density at radius 2 is 1.86 bits per heavy atom. The number of rotatable bonds is 6. The van der Waals surface area contributed by atoms with Crippen LogP contribution in [-0.2, 0) is 12.8 Å². The maximum absolute atomic E-state index is 13.8. The van der Waals surface area contributed by atoms with E-state index in [1.165, 1.54) is 6.07 Å². The first-order valence-electron chi connectivity index (χ1n) is 6.80. The fourth-order valence-electron chi connectivity index (χ4n) is 2.31. The molecule has 0 spiro atoms. The summed E-state index contributed by atoms with van der Waals surface area (Å²) in [5, 5.41) is 9.55. The van der Waals surface area contributed by atoms with Crippen molar-refractivity contribution in [3.8, 4) is 5.75 Å². The maximum atomic E-state index is 13.8. The van der Waals surface area contributed by atoms with Crippen LogP contribution < -0.4 is 4.74 Å². The molecule has 1 N–H and O–H groups in total. The van der Waals surface area contributed by atoms with Gasteiger partial charge in [-0.05, 0) is 60.2 Å². The van der Waals surface area contributed by atoms with Crippen LogP contribution in [0.15, 0.2) is 46.9 Å². The molecule has 0 heterocycles. The lowest BCUT2D eigenvalue weighted by Crippen LogP contribution is -2.14. The Hall–Kier alpha value is -1.39. The highest BCUT2D eigenvalue weighted by Gasteiger charge is 2.13. The van der Waals surface area contributed by atoms with Crippen molar-refractivity contribution >= 4 is 15.9 Å². The second-order valence-electron chi connectivity index (χ2n) is 5.04. The first-order chi connectivity index (χ1) is 10.1. The van der Waals surface area contributed by atoms with Crippen LogP contribution in [0.25, 0.3) is 0 Å². The van der Waals surface area contributed by atoms with Gasteiger partial charge in [-0.2, -0.15) is 0 Å². The van der Waals surface area contributed by atoms with Crippen molar-refractivity contribution in [1.82, 2.24) is 0 Å². The van der Waals surface area contributed by atoms with Gasteiger partial charge >= 0.3 is 0 Å². The van der Waals surface area contributed by atoms with E-state index in [2.05, 4.69) is 15.9 Å². The topological polar surface area (TPSA) is 29.5 Å². The lowest BCUT2D eigenvalue weighted by Gasteiger charge is -2.15. The minimum absolute atomic E-state index is 0.0119. The van der Waals surface area contributed by atoms with Crippen molar-refractivity contribution in [3.05, 3.63) is 63.9 Å². The largest absolute Gasteiger partial charge is 0.497 e. The molecule has 2 aromatic carbocycles. The molecule has 0 aliphatic heterocycles. The summed E-state index contributed by atoms with van der Waals surface area (Å²) in [6.45, 7) is 0.0258. The minimum atomic E-state index is -0.230. The summed E-state index contributed by atoms with van der Waals surface area (Å²) < 4.78 is 19.8. The first-order valence-corrected chi connectivity index (χ1v) is 7.59. The zero-order valence-electron chi connectivity index (χ0n) is 11.9. The average Bonchev–Trinajstić information content (AvgIpc) is 2.51. The maximum Gasteiger partial charge on any atom is 0.126 e. The van der Waals surface area contributed by atoms with E-state index < -0.39 is 0 Å². The molecule has 1 atom stereocenters. The molecule has 0 bridgehead atoms. The van der Waals surface area contributed by atoms with Gasteiger partial charge in [-0.1, -0.05) is 28.1 Å². The summed E-state index contributed by atoms with van der Waals surface area (Å²) in [6.07, 6.45) is 1.21. The molecular formula is C17H18BrFO2. The van der Waals surface area contributed by atoms with Crippen LogP contribution in [0.4, 0.5) is 4.39 Å². The molecule has 0 radical (unpaired) electrons. The van der Waals surface area contributed by atoms with Crippen molar-refractivity contribution < 1.29 is 14.2 Å². The summed E-state index contributed by atoms with van der Waals surface area (Å²) in [7, 11) is 1.63. The molecule has 0 aromatic heterocycles. The first kappa shape index (κ1) is 16.0. The fraction of sp³-hybridized carbons (Fsp3) is 0.294. The standard InChI is InChI=1S/C17H18BrFO2/c1-21-16-5-2-12(3-6-16)8-13(11-20)9-14-10-15(18)4-7-17(14)19/h2-7,10,13,20H,8-9,11H2,1H3. The van der Waals surface area contributed by atoms with Crippen LogP contribution >= 0.6 is 15.9 Å². The Morgan fingerprint density at radius 3 is 2.48 bits per heavy atom. The molecule has 0 fully saturated rings. The molecule has 2 rings (SSSR count). The van der Waals surface area contributed by atoms with Gasteiger partial charge in [-0.15, -0.1) is 0 Å². The lowest BCUT2D eigenvalue weighted by molar-refractivity contribution is 0.224. The predicted octanol–water partition coefficient (Wildman–Crippen LogP) is 3.99. The second-order valence-corrected chi connectivity index (χ2v) is 5.96. The molecule has 0 saturated heterocycles. The van der Waals surface area contributed by atoms with Crippen molar-refractivity contribution in [2.24, 2.45) is 5.92 Å². The highest BCUT2D eigenvalue weighted by Crippen LogP contribution is 2.21. The Kier molecular flexibility index (Phi) is 5.76. The van der Waals surface area contributed by atoms with Gasteiger partial charge in [-0.3, -0.25) is 0 Å². The molecule has 0 aliphatic carbocycles. The normalized spacial score (nSPS) is 12.2. The fourth-order valence-corrected chi connectivity index (χ4v) is 2.72. The number of halogens is 2. The van der Waals surface area contributed by atoms with Gasteiger partial charge in [0.05, 0.1) is 7.11 Å². The number of hydrogen-bond acceptors (Lipinski definition) is 2. The quantitative estimate of drug-likeness (QED) is 0.851. The summed E-state index contributed by atoms with van der Waals surface area (Å²) >= 11 is 3.35. The molecule has 0 saturated carbocycles. The Labute approximate surface area is 132 Å². The van der Waals surface area contributed by atoms with E-state index in [-0.39, 0.29) is 18.3 Å². The highest BCUT2D eigenvalue weighted by molar-refractivity contribution is 9.10. The number of methoxy groups -OCH3 is 1. The minimum Gasteiger partial charge on any atom is -0.497 e. The summed E-state index contributed by atoms with van der Waals surface area (Å²) in [6, 6.07) is 12.6. The number of aliphatic hydroxyl groups is 1. The summed E-state index contributed by atoms with van der Waals surface area (Å²) in [4.78, 5) is 0. The third-order valence-corrected chi connectivity index (χ3v) is 3.95. The van der Waals surface area contributed by atoms with Crippen LogP contribution in [0, 0.1) is 11.7 Å². The summed E-state index contributed by atoms with van der Waals surface area (Å²) in [5.74, 6) is 0.561. The van der Waals surface area contributed by atoms with Crippen LogP contribution in [0.2, 0.25) is 0 Å². The number of aliphatic hydroxyl groups excluding tert-OH is 1. The van der Waals surface area contributed by atoms with E-state index in [9.17, 15) is 9.50 Å². The number of ether oxygens (including phenoxy) is 1. The third-order valence-electron chi connectivity index (χ3n) is 3.46. The van der Waals surface area contributed by atoms with Gasteiger partial charge in [0.1, 0.15) is 11.6 Å². The van der Waals surface area contributed by atoms with E-state index in [4.69, 9.17) is 4.74 Å². The Bertz CT molecular complexity index is 584. The molecule has 1 unspecified atom stereocenters. The van der Waals surface area contributed by atoms with Crippen molar-refractivity contribution in [2.75, 3.05) is 13.7 Å². The Balaban J connectivity index is 2.07. The number of benzene rings is 2. The van der Waals surface area contributed by atoms with E-state index in [1.54, 1.807) is 19.2 Å². The molecular weight excluding hydrogens is 335 g/mol. The third kappa shape index (κ3) is 4.55. The number of hydrogen-bond donors (Lipinski definition) is 1. The van der Waals surface area contributed by atoms with Crippen LogP contribution in [-0.4, -0.2) is 18.8 Å². The monoisotopic (exact) mass is 352 g/mol. The molecule has 0 aliphatic rings. The van der Waals surface area contributed by atoms with E-state index in [1.807, 2.05) is 24.3 Å². The zero-order chi connectivity index (χ0) is 15.2. The second kappa shape index (κ2) is 7.57. The molecule has 4 heteroatoms. The predicted molar refractivity (Wildman–Crippen MR) is 85.1 cm³/mol. The van der Waals surface area contributed by atoms with E-state index >= 15 is 0 Å². The SMILES string of the molecule is COc1ccc(CC(CO)Cc2cc(Br)ccc2F)cc1. The molecule has 112 valence electrons. The van der Waals surface area contributed by atoms with Crippen molar-refractivity contribution in [1.29, 1.82) is 0 Å². The van der Waals surface area contributed by atoms with Crippen LogP contribution in [0.1, 0.15) is 11.1 Å². The molecule has 2 nitrogen and oxygen atoms in total. The van der Waals surface area contributed by atoms with Gasteiger partial charge in [-0.25, -0.2) is 4.39 Å². The highest BCUT2D eigenvalue weighted by atomic mass is 79.9. The van der Waals surface area contributed by atoms with Crippen molar-refractivity contribution in [2.45, 2.75) is 12.8 Å². The molecule has 2 aromatic rings. The van der Waals surface area contributed by atoms with Gasteiger partial charge in [0.2, 0.25) is 0 Å². The molecule has 21 heavy (non-hydrogen) atoms. The van der Waals surface area contributed by atoms with Gasteiger partial charge in [0.15, 0.2) is 0 Å². The Morgan fingerprint density at radius 1 is 1.14 bits per heavy atom.